The Bertz CT molecular complexity index is 471. The highest BCUT2D eigenvalue weighted by molar-refractivity contribution is 5.68. The molecular formula is C15H21NO5. The van der Waals surface area contributed by atoms with Gasteiger partial charge in [0.1, 0.15) is 0 Å². The van der Waals surface area contributed by atoms with E-state index in [1.165, 1.54) is 7.11 Å². The lowest BCUT2D eigenvalue weighted by atomic mass is 10.2. The van der Waals surface area contributed by atoms with E-state index in [0.29, 0.717) is 24.1 Å². The van der Waals surface area contributed by atoms with Crippen LogP contribution in [0.2, 0.25) is 0 Å². The zero-order valence-electron chi connectivity index (χ0n) is 12.1. The molecule has 0 aliphatic carbocycles. The van der Waals surface area contributed by atoms with Crippen LogP contribution in [-0.2, 0) is 16.1 Å². The summed E-state index contributed by atoms with van der Waals surface area (Å²) in [6.07, 6.45) is 2.55. The minimum atomic E-state index is -1.01. The summed E-state index contributed by atoms with van der Waals surface area (Å²) in [5.41, 5.74) is 1.05. The molecule has 0 aromatic heterocycles. The van der Waals surface area contributed by atoms with Gasteiger partial charge in [0.25, 0.3) is 0 Å². The molecule has 1 aromatic carbocycles. The Labute approximate surface area is 124 Å². The van der Waals surface area contributed by atoms with E-state index in [2.05, 4.69) is 5.32 Å². The number of nitrogens with one attached hydrogen (secondary N) is 1. The van der Waals surface area contributed by atoms with E-state index in [4.69, 9.17) is 19.3 Å². The molecule has 0 unspecified atom stereocenters. The lowest BCUT2D eigenvalue weighted by Crippen LogP contribution is -2.25. The third kappa shape index (κ3) is 4.91. The van der Waals surface area contributed by atoms with Crippen LogP contribution in [0.1, 0.15) is 18.4 Å². The number of carbonyl (C=O) groups is 1. The van der Waals surface area contributed by atoms with Crippen LogP contribution in [0.3, 0.4) is 0 Å². The largest absolute Gasteiger partial charge is 0.493 e. The second-order valence-electron chi connectivity index (χ2n) is 4.93. The molecule has 1 aliphatic heterocycles. The van der Waals surface area contributed by atoms with Gasteiger partial charge in [0, 0.05) is 19.7 Å². The van der Waals surface area contributed by atoms with Crippen LogP contribution in [0, 0.1) is 0 Å². The Hall–Kier alpha value is -1.79. The molecule has 116 valence electrons. The van der Waals surface area contributed by atoms with Crippen molar-refractivity contribution in [3.8, 4) is 11.5 Å². The number of ether oxygens (including phenoxy) is 3. The van der Waals surface area contributed by atoms with Crippen LogP contribution in [0.25, 0.3) is 0 Å². The van der Waals surface area contributed by atoms with Crippen molar-refractivity contribution in [2.45, 2.75) is 25.5 Å². The van der Waals surface area contributed by atoms with Gasteiger partial charge in [-0.2, -0.15) is 0 Å². The molecule has 1 aromatic rings. The lowest BCUT2D eigenvalue weighted by Gasteiger charge is -2.13. The van der Waals surface area contributed by atoms with Gasteiger partial charge in [0.15, 0.2) is 18.1 Å². The van der Waals surface area contributed by atoms with Crippen molar-refractivity contribution in [2.75, 3.05) is 26.9 Å². The van der Waals surface area contributed by atoms with E-state index < -0.39 is 5.97 Å². The lowest BCUT2D eigenvalue weighted by molar-refractivity contribution is -0.139. The Morgan fingerprint density at radius 1 is 1.48 bits per heavy atom. The van der Waals surface area contributed by atoms with Crippen molar-refractivity contribution in [3.63, 3.8) is 0 Å². The first-order valence-corrected chi connectivity index (χ1v) is 7.03. The quantitative estimate of drug-likeness (QED) is 0.755. The number of carboxylic acid groups (broad SMARTS) is 1. The standard InChI is InChI=1S/C15H21NO5/c1-19-14-7-11(4-5-13(14)21-10-15(17)18)8-16-9-12-3-2-6-20-12/h4-5,7,12,16H,2-3,6,8-10H2,1H3,(H,17,18)/t12-/m1/s1. The fourth-order valence-corrected chi connectivity index (χ4v) is 2.26. The number of aliphatic carboxylic acids is 1. The van der Waals surface area contributed by atoms with Crippen LogP contribution in [0.5, 0.6) is 11.5 Å². The number of hydrogen-bond donors (Lipinski definition) is 2. The highest BCUT2D eigenvalue weighted by atomic mass is 16.5. The Morgan fingerprint density at radius 2 is 2.33 bits per heavy atom. The molecule has 0 bridgehead atoms. The summed E-state index contributed by atoms with van der Waals surface area (Å²) in [6.45, 7) is 2.01. The fourth-order valence-electron chi connectivity index (χ4n) is 2.26. The number of methoxy groups -OCH3 is 1. The molecule has 1 saturated heterocycles. The molecule has 21 heavy (non-hydrogen) atoms. The molecule has 1 heterocycles. The molecule has 1 atom stereocenters. The van der Waals surface area contributed by atoms with Gasteiger partial charge in [0.05, 0.1) is 13.2 Å². The Morgan fingerprint density at radius 3 is 3.00 bits per heavy atom. The van der Waals surface area contributed by atoms with Gasteiger partial charge in [-0.3, -0.25) is 0 Å². The van der Waals surface area contributed by atoms with Gasteiger partial charge in [-0.05, 0) is 30.5 Å². The minimum Gasteiger partial charge on any atom is -0.493 e. The highest BCUT2D eigenvalue weighted by Gasteiger charge is 2.14. The summed E-state index contributed by atoms with van der Waals surface area (Å²) >= 11 is 0. The highest BCUT2D eigenvalue weighted by Crippen LogP contribution is 2.28. The third-order valence-corrected chi connectivity index (χ3v) is 3.30. The first-order valence-electron chi connectivity index (χ1n) is 7.03. The van der Waals surface area contributed by atoms with Gasteiger partial charge >= 0.3 is 5.97 Å². The molecule has 6 heteroatoms. The SMILES string of the molecule is COc1cc(CNC[C@H]2CCCO2)ccc1OCC(=O)O. The molecule has 0 saturated carbocycles. The molecule has 0 amide bonds. The maximum absolute atomic E-state index is 10.5. The van der Waals surface area contributed by atoms with Gasteiger partial charge < -0.3 is 24.6 Å². The Kier molecular flexibility index (Phi) is 5.83. The molecule has 0 radical (unpaired) electrons. The first-order chi connectivity index (χ1) is 10.2. The molecule has 1 aliphatic rings. The molecular weight excluding hydrogens is 274 g/mol. The molecule has 6 nitrogen and oxygen atoms in total. The van der Waals surface area contributed by atoms with Crippen molar-refractivity contribution in [3.05, 3.63) is 23.8 Å². The monoisotopic (exact) mass is 295 g/mol. The van der Waals surface area contributed by atoms with Gasteiger partial charge in [0.2, 0.25) is 0 Å². The number of hydrogen-bond acceptors (Lipinski definition) is 5. The molecule has 0 spiro atoms. The predicted molar refractivity (Wildman–Crippen MR) is 76.8 cm³/mol. The fraction of sp³-hybridized carbons (Fsp3) is 0.533. The number of rotatable bonds is 8. The van der Waals surface area contributed by atoms with E-state index in [1.54, 1.807) is 6.07 Å². The normalized spacial score (nSPS) is 17.7. The molecule has 2 rings (SSSR count). The van der Waals surface area contributed by atoms with E-state index >= 15 is 0 Å². The van der Waals surface area contributed by atoms with Gasteiger partial charge in [-0.1, -0.05) is 6.07 Å². The van der Waals surface area contributed by atoms with Crippen LogP contribution in [0.4, 0.5) is 0 Å². The van der Waals surface area contributed by atoms with Gasteiger partial charge in [-0.15, -0.1) is 0 Å². The summed E-state index contributed by atoms with van der Waals surface area (Å²) in [5.74, 6) is -0.0465. The van der Waals surface area contributed by atoms with Crippen molar-refractivity contribution in [1.29, 1.82) is 0 Å². The zero-order valence-corrected chi connectivity index (χ0v) is 12.1. The average molecular weight is 295 g/mol. The summed E-state index contributed by atoms with van der Waals surface area (Å²) < 4.78 is 15.9. The van der Waals surface area contributed by atoms with E-state index in [-0.39, 0.29) is 6.61 Å². The van der Waals surface area contributed by atoms with Crippen LogP contribution in [-0.4, -0.2) is 44.0 Å². The first kappa shape index (κ1) is 15.6. The zero-order chi connectivity index (χ0) is 15.1. The topological polar surface area (TPSA) is 77.0 Å². The second kappa shape index (κ2) is 7.85. The van der Waals surface area contributed by atoms with E-state index in [1.807, 2.05) is 12.1 Å². The average Bonchev–Trinajstić information content (AvgIpc) is 2.98. The van der Waals surface area contributed by atoms with Crippen LogP contribution >= 0.6 is 0 Å². The van der Waals surface area contributed by atoms with Crippen LogP contribution < -0.4 is 14.8 Å². The Balaban J connectivity index is 1.86. The van der Waals surface area contributed by atoms with E-state index in [9.17, 15) is 4.79 Å². The third-order valence-electron chi connectivity index (χ3n) is 3.30. The summed E-state index contributed by atoms with van der Waals surface area (Å²) in [6, 6.07) is 5.47. The molecule has 1 fully saturated rings. The van der Waals surface area contributed by atoms with Gasteiger partial charge in [-0.25, -0.2) is 4.79 Å². The summed E-state index contributed by atoms with van der Waals surface area (Å²) in [7, 11) is 1.53. The predicted octanol–water partition coefficient (Wildman–Crippen LogP) is 1.43. The minimum absolute atomic E-state index is 0.310. The van der Waals surface area contributed by atoms with Crippen molar-refractivity contribution in [2.24, 2.45) is 0 Å². The van der Waals surface area contributed by atoms with E-state index in [0.717, 1.165) is 31.6 Å². The summed E-state index contributed by atoms with van der Waals surface area (Å²) in [4.78, 5) is 10.5. The van der Waals surface area contributed by atoms with Crippen molar-refractivity contribution >= 4 is 5.97 Å². The van der Waals surface area contributed by atoms with Crippen molar-refractivity contribution < 1.29 is 24.1 Å². The maximum Gasteiger partial charge on any atom is 0.341 e. The number of carboxylic acids is 1. The second-order valence-corrected chi connectivity index (χ2v) is 4.93. The van der Waals surface area contributed by atoms with Crippen molar-refractivity contribution in [1.82, 2.24) is 5.32 Å². The smallest absolute Gasteiger partial charge is 0.341 e. The maximum atomic E-state index is 10.5. The van der Waals surface area contributed by atoms with Crippen LogP contribution in [0.15, 0.2) is 18.2 Å². The number of benzene rings is 1. The molecule has 2 N–H and O–H groups in total. The summed E-state index contributed by atoms with van der Waals surface area (Å²) in [5, 5.41) is 12.0.